The van der Waals surface area contributed by atoms with Crippen LogP contribution in [0.3, 0.4) is 0 Å². The van der Waals surface area contributed by atoms with E-state index in [4.69, 9.17) is 18.0 Å². The number of nitrogens with two attached hydrogens (primary N) is 1. The number of nitrogens with zero attached hydrogens (tertiary/aromatic N) is 1. The Labute approximate surface area is 84.5 Å². The van der Waals surface area contributed by atoms with Gasteiger partial charge in [-0.05, 0) is 12.2 Å². The quantitative estimate of drug-likeness (QED) is 0.561. The van der Waals surface area contributed by atoms with Crippen molar-refractivity contribution in [1.82, 2.24) is 10.2 Å². The van der Waals surface area contributed by atoms with Crippen molar-refractivity contribution in [2.45, 2.75) is 0 Å². The van der Waals surface area contributed by atoms with Crippen LogP contribution in [0, 0.1) is 0 Å². The maximum absolute atomic E-state index is 5.40. The molecule has 68 valence electrons. The van der Waals surface area contributed by atoms with E-state index >= 15 is 0 Å². The Bertz CT molecular complexity index is 116. The van der Waals surface area contributed by atoms with Crippen LogP contribution in [0.15, 0.2) is 0 Å². The molecule has 1 saturated heterocycles. The third kappa shape index (κ3) is 4.63. The van der Waals surface area contributed by atoms with Crippen LogP contribution >= 0.6 is 37.0 Å². The van der Waals surface area contributed by atoms with E-state index in [-0.39, 0.29) is 24.8 Å². The lowest BCUT2D eigenvalue weighted by Crippen LogP contribution is -2.48. The van der Waals surface area contributed by atoms with E-state index in [9.17, 15) is 0 Å². The molecule has 0 atom stereocenters. The number of thiocarbonyl (C=S) groups is 1. The van der Waals surface area contributed by atoms with Crippen LogP contribution in [0.4, 0.5) is 0 Å². The highest BCUT2D eigenvalue weighted by Gasteiger charge is 2.08. The van der Waals surface area contributed by atoms with Crippen LogP contribution in [0.1, 0.15) is 0 Å². The summed E-state index contributed by atoms with van der Waals surface area (Å²) < 4.78 is 0. The van der Waals surface area contributed by atoms with Gasteiger partial charge in [0.15, 0.2) is 5.11 Å². The van der Waals surface area contributed by atoms with Crippen LogP contribution in [-0.2, 0) is 0 Å². The normalized spacial score (nSPS) is 16.2. The lowest BCUT2D eigenvalue weighted by Gasteiger charge is -2.27. The third-order valence-corrected chi connectivity index (χ3v) is 1.69. The van der Waals surface area contributed by atoms with Crippen molar-refractivity contribution in [2.24, 2.45) is 5.73 Å². The largest absolute Gasteiger partial charge is 0.376 e. The molecule has 1 aliphatic heterocycles. The van der Waals surface area contributed by atoms with E-state index in [1.807, 2.05) is 4.90 Å². The fraction of sp³-hybridized carbons (Fsp3) is 0.800. The van der Waals surface area contributed by atoms with E-state index in [0.29, 0.717) is 5.11 Å². The van der Waals surface area contributed by atoms with Gasteiger partial charge in [0.2, 0.25) is 0 Å². The highest BCUT2D eigenvalue weighted by atomic mass is 35.5. The highest BCUT2D eigenvalue weighted by Crippen LogP contribution is 1.89. The van der Waals surface area contributed by atoms with Crippen molar-refractivity contribution in [1.29, 1.82) is 0 Å². The van der Waals surface area contributed by atoms with Crippen LogP contribution in [-0.4, -0.2) is 36.2 Å². The molecule has 0 aromatic carbocycles. The van der Waals surface area contributed by atoms with Gasteiger partial charge in [-0.2, -0.15) is 0 Å². The molecular weight excluding hydrogens is 205 g/mol. The number of hydrogen-bond acceptors (Lipinski definition) is 2. The molecule has 0 saturated carbocycles. The lowest BCUT2D eigenvalue weighted by molar-refractivity contribution is 0.359. The monoisotopic (exact) mass is 217 g/mol. The Morgan fingerprint density at radius 1 is 1.27 bits per heavy atom. The minimum absolute atomic E-state index is 0. The van der Waals surface area contributed by atoms with Crippen LogP contribution in [0.2, 0.25) is 0 Å². The van der Waals surface area contributed by atoms with Crippen molar-refractivity contribution in [2.75, 3.05) is 26.2 Å². The Morgan fingerprint density at radius 2 is 1.73 bits per heavy atom. The minimum Gasteiger partial charge on any atom is -0.376 e. The summed E-state index contributed by atoms with van der Waals surface area (Å²) in [5.74, 6) is 0. The number of halogens is 2. The molecule has 0 aromatic heterocycles. The molecule has 0 bridgehead atoms. The first-order valence-electron chi connectivity index (χ1n) is 3.06. The molecule has 6 heteroatoms. The smallest absolute Gasteiger partial charge is 0.166 e. The molecule has 1 fully saturated rings. The molecular formula is C5H13Cl2N3S. The Balaban J connectivity index is 0. The number of rotatable bonds is 0. The van der Waals surface area contributed by atoms with Crippen molar-refractivity contribution >= 4 is 42.1 Å². The van der Waals surface area contributed by atoms with E-state index in [1.165, 1.54) is 0 Å². The summed E-state index contributed by atoms with van der Waals surface area (Å²) in [6, 6.07) is 0. The fourth-order valence-electron chi connectivity index (χ4n) is 0.885. The molecule has 0 spiro atoms. The molecule has 0 radical (unpaired) electrons. The maximum atomic E-state index is 5.40. The zero-order chi connectivity index (χ0) is 6.69. The van der Waals surface area contributed by atoms with E-state index in [0.717, 1.165) is 26.2 Å². The number of hydrogen-bond donors (Lipinski definition) is 2. The summed E-state index contributed by atoms with van der Waals surface area (Å²) in [5, 5.41) is 3.74. The zero-order valence-corrected chi connectivity index (χ0v) is 8.53. The van der Waals surface area contributed by atoms with Gasteiger partial charge in [0.05, 0.1) is 0 Å². The molecule has 1 rings (SSSR count). The first kappa shape index (κ1) is 13.8. The van der Waals surface area contributed by atoms with Gasteiger partial charge in [0, 0.05) is 26.2 Å². The molecule has 1 aliphatic rings. The second-order valence-electron chi connectivity index (χ2n) is 2.08. The summed E-state index contributed by atoms with van der Waals surface area (Å²) in [7, 11) is 0. The van der Waals surface area contributed by atoms with E-state index < -0.39 is 0 Å². The lowest BCUT2D eigenvalue weighted by atomic mass is 10.4. The number of nitrogens with one attached hydrogen (secondary N) is 1. The predicted octanol–water partition coefficient (Wildman–Crippen LogP) is -0.0212. The van der Waals surface area contributed by atoms with Gasteiger partial charge in [-0.25, -0.2) is 0 Å². The van der Waals surface area contributed by atoms with E-state index in [2.05, 4.69) is 5.32 Å². The van der Waals surface area contributed by atoms with Crippen LogP contribution < -0.4 is 11.1 Å². The van der Waals surface area contributed by atoms with Gasteiger partial charge in [-0.3, -0.25) is 0 Å². The van der Waals surface area contributed by atoms with Crippen LogP contribution in [0.25, 0.3) is 0 Å². The molecule has 1 heterocycles. The van der Waals surface area contributed by atoms with Crippen LogP contribution in [0.5, 0.6) is 0 Å². The second-order valence-corrected chi connectivity index (χ2v) is 2.49. The van der Waals surface area contributed by atoms with Gasteiger partial charge in [0.25, 0.3) is 0 Å². The van der Waals surface area contributed by atoms with Crippen molar-refractivity contribution in [3.05, 3.63) is 0 Å². The first-order chi connectivity index (χ1) is 4.30. The molecule has 0 aliphatic carbocycles. The summed E-state index contributed by atoms with van der Waals surface area (Å²) in [6.45, 7) is 3.90. The molecule has 0 aromatic rings. The number of piperazine rings is 1. The van der Waals surface area contributed by atoms with Crippen molar-refractivity contribution in [3.8, 4) is 0 Å². The molecule has 11 heavy (non-hydrogen) atoms. The van der Waals surface area contributed by atoms with E-state index in [1.54, 1.807) is 0 Å². The van der Waals surface area contributed by atoms with Gasteiger partial charge in [-0.1, -0.05) is 0 Å². The van der Waals surface area contributed by atoms with Crippen molar-refractivity contribution in [3.63, 3.8) is 0 Å². The zero-order valence-electron chi connectivity index (χ0n) is 6.08. The summed E-state index contributed by atoms with van der Waals surface area (Å²) in [6.07, 6.45) is 0. The highest BCUT2D eigenvalue weighted by molar-refractivity contribution is 7.80. The predicted molar refractivity (Wildman–Crippen MR) is 55.7 cm³/mol. The summed E-state index contributed by atoms with van der Waals surface area (Å²) in [4.78, 5) is 2.01. The maximum Gasteiger partial charge on any atom is 0.166 e. The van der Waals surface area contributed by atoms with Gasteiger partial charge in [0.1, 0.15) is 0 Å². The fourth-order valence-corrected chi connectivity index (χ4v) is 1.07. The average Bonchev–Trinajstić information content (AvgIpc) is 1.90. The van der Waals surface area contributed by atoms with Gasteiger partial charge in [-0.15, -0.1) is 24.8 Å². The topological polar surface area (TPSA) is 41.3 Å². The molecule has 3 nitrogen and oxygen atoms in total. The Hall–Kier alpha value is 0.230. The average molecular weight is 218 g/mol. The van der Waals surface area contributed by atoms with Crippen molar-refractivity contribution < 1.29 is 0 Å². The Kier molecular flexibility index (Phi) is 8.67. The first-order valence-corrected chi connectivity index (χ1v) is 3.46. The van der Waals surface area contributed by atoms with Gasteiger partial charge >= 0.3 is 0 Å². The molecule has 0 amide bonds. The molecule has 0 unspecified atom stereocenters. The standard InChI is InChI=1S/C5H11N3S.2ClH/c6-5(9)8-3-1-7-2-4-8;;/h7H,1-4H2,(H2,6,9);2*1H. The van der Waals surface area contributed by atoms with Gasteiger partial charge < -0.3 is 16.0 Å². The Morgan fingerprint density at radius 3 is 2.00 bits per heavy atom. The third-order valence-electron chi connectivity index (χ3n) is 1.43. The molecule has 3 N–H and O–H groups in total. The summed E-state index contributed by atoms with van der Waals surface area (Å²) in [5.41, 5.74) is 5.40. The minimum atomic E-state index is 0. The second kappa shape index (κ2) is 6.91. The SMILES string of the molecule is Cl.Cl.NC(=S)N1CCNCC1. The summed E-state index contributed by atoms with van der Waals surface area (Å²) >= 11 is 4.79.